The highest BCUT2D eigenvalue weighted by Gasteiger charge is 2.30. The van der Waals surface area contributed by atoms with Gasteiger partial charge in [-0.2, -0.15) is 4.98 Å². The SMILES string of the molecule is CC(=O)N1CCN(CCCc2ccccc2)CCC1c1nc(C)no1. The summed E-state index contributed by atoms with van der Waals surface area (Å²) < 4.78 is 5.34. The van der Waals surface area contributed by atoms with Crippen molar-refractivity contribution in [1.82, 2.24) is 19.9 Å². The van der Waals surface area contributed by atoms with E-state index in [4.69, 9.17) is 4.52 Å². The summed E-state index contributed by atoms with van der Waals surface area (Å²) in [5.74, 6) is 1.23. The van der Waals surface area contributed by atoms with Gasteiger partial charge in [-0.05, 0) is 38.3 Å². The van der Waals surface area contributed by atoms with E-state index < -0.39 is 0 Å². The minimum atomic E-state index is -0.113. The summed E-state index contributed by atoms with van der Waals surface area (Å²) >= 11 is 0. The van der Waals surface area contributed by atoms with Crippen LogP contribution in [0.3, 0.4) is 0 Å². The second kappa shape index (κ2) is 8.25. The van der Waals surface area contributed by atoms with Crippen molar-refractivity contribution in [1.29, 1.82) is 0 Å². The zero-order valence-corrected chi connectivity index (χ0v) is 15.0. The van der Waals surface area contributed by atoms with Crippen LogP contribution in [-0.2, 0) is 11.2 Å². The van der Waals surface area contributed by atoms with Crippen molar-refractivity contribution in [2.75, 3.05) is 26.2 Å². The van der Waals surface area contributed by atoms with Gasteiger partial charge in [0.25, 0.3) is 0 Å². The maximum absolute atomic E-state index is 12.1. The van der Waals surface area contributed by atoms with Crippen LogP contribution < -0.4 is 0 Å². The Bertz CT molecular complexity index is 686. The average Bonchev–Trinajstić information content (AvgIpc) is 2.91. The second-order valence-electron chi connectivity index (χ2n) is 6.63. The molecule has 0 saturated carbocycles. The molecule has 1 aromatic heterocycles. The molecule has 0 radical (unpaired) electrons. The Morgan fingerprint density at radius 1 is 1.24 bits per heavy atom. The molecule has 1 aromatic carbocycles. The second-order valence-corrected chi connectivity index (χ2v) is 6.63. The molecule has 1 fully saturated rings. The lowest BCUT2D eigenvalue weighted by atomic mass is 10.1. The van der Waals surface area contributed by atoms with Gasteiger partial charge in [0.1, 0.15) is 6.04 Å². The molecular weight excluding hydrogens is 316 g/mol. The fourth-order valence-corrected chi connectivity index (χ4v) is 3.43. The Morgan fingerprint density at radius 3 is 2.72 bits per heavy atom. The topological polar surface area (TPSA) is 62.5 Å². The zero-order chi connectivity index (χ0) is 17.6. The first-order chi connectivity index (χ1) is 12.1. The third-order valence-corrected chi connectivity index (χ3v) is 4.77. The summed E-state index contributed by atoms with van der Waals surface area (Å²) in [4.78, 5) is 20.7. The van der Waals surface area contributed by atoms with Gasteiger partial charge < -0.3 is 14.3 Å². The first-order valence-electron chi connectivity index (χ1n) is 8.97. The van der Waals surface area contributed by atoms with Gasteiger partial charge in [0.2, 0.25) is 11.8 Å². The monoisotopic (exact) mass is 342 g/mol. The fourth-order valence-electron chi connectivity index (χ4n) is 3.43. The van der Waals surface area contributed by atoms with Crippen molar-refractivity contribution >= 4 is 5.91 Å². The van der Waals surface area contributed by atoms with Crippen molar-refractivity contribution in [3.8, 4) is 0 Å². The molecule has 0 N–H and O–H groups in total. The lowest BCUT2D eigenvalue weighted by molar-refractivity contribution is -0.131. The van der Waals surface area contributed by atoms with Crippen molar-refractivity contribution in [3.05, 3.63) is 47.6 Å². The summed E-state index contributed by atoms with van der Waals surface area (Å²) in [5.41, 5.74) is 1.38. The van der Waals surface area contributed by atoms with Gasteiger partial charge in [-0.25, -0.2) is 0 Å². The summed E-state index contributed by atoms with van der Waals surface area (Å²) in [6.45, 7) is 6.98. The molecule has 2 aromatic rings. The summed E-state index contributed by atoms with van der Waals surface area (Å²) in [6, 6.07) is 10.5. The number of carbonyl (C=O) groups excluding carboxylic acids is 1. The maximum Gasteiger partial charge on any atom is 0.249 e. The third kappa shape index (κ3) is 4.66. The zero-order valence-electron chi connectivity index (χ0n) is 15.0. The molecule has 0 bridgehead atoms. The first-order valence-corrected chi connectivity index (χ1v) is 8.97. The highest BCUT2D eigenvalue weighted by molar-refractivity contribution is 5.73. The molecular formula is C19H26N4O2. The molecule has 6 nitrogen and oxygen atoms in total. The number of hydrogen-bond acceptors (Lipinski definition) is 5. The third-order valence-electron chi connectivity index (χ3n) is 4.77. The highest BCUT2D eigenvalue weighted by atomic mass is 16.5. The standard InChI is InChI=1S/C19H26N4O2/c1-15-20-19(25-21-15)18-10-12-22(13-14-23(18)16(2)24)11-6-9-17-7-4-3-5-8-17/h3-5,7-8,18H,6,9-14H2,1-2H3. The minimum Gasteiger partial charge on any atom is -0.337 e. The molecule has 0 spiro atoms. The number of aryl methyl sites for hydroxylation is 2. The van der Waals surface area contributed by atoms with E-state index in [-0.39, 0.29) is 11.9 Å². The van der Waals surface area contributed by atoms with E-state index in [0.717, 1.165) is 38.9 Å². The molecule has 1 atom stereocenters. The predicted octanol–water partition coefficient (Wildman–Crippen LogP) is 2.61. The van der Waals surface area contributed by atoms with Crippen LogP contribution in [0, 0.1) is 6.92 Å². The molecule has 3 rings (SSSR count). The highest BCUT2D eigenvalue weighted by Crippen LogP contribution is 2.26. The van der Waals surface area contributed by atoms with Crippen molar-refractivity contribution in [2.45, 2.75) is 39.2 Å². The first kappa shape index (κ1) is 17.6. The number of rotatable bonds is 5. The lowest BCUT2D eigenvalue weighted by Crippen LogP contribution is -2.35. The van der Waals surface area contributed by atoms with Crippen LogP contribution in [0.25, 0.3) is 0 Å². The number of hydrogen-bond donors (Lipinski definition) is 0. The van der Waals surface area contributed by atoms with Crippen LogP contribution in [-0.4, -0.2) is 52.0 Å². The van der Waals surface area contributed by atoms with Gasteiger partial charge in [-0.3, -0.25) is 4.79 Å². The van der Waals surface area contributed by atoms with E-state index in [1.54, 1.807) is 13.8 Å². The van der Waals surface area contributed by atoms with Crippen LogP contribution in [0.5, 0.6) is 0 Å². The largest absolute Gasteiger partial charge is 0.337 e. The summed E-state index contributed by atoms with van der Waals surface area (Å²) in [5, 5.41) is 3.88. The van der Waals surface area contributed by atoms with Crippen LogP contribution in [0.1, 0.15) is 43.1 Å². The van der Waals surface area contributed by atoms with Gasteiger partial charge in [0.05, 0.1) is 0 Å². The van der Waals surface area contributed by atoms with Crippen molar-refractivity contribution in [3.63, 3.8) is 0 Å². The minimum absolute atomic E-state index is 0.0620. The number of amides is 1. The maximum atomic E-state index is 12.1. The van der Waals surface area contributed by atoms with Crippen LogP contribution in [0.15, 0.2) is 34.9 Å². The van der Waals surface area contributed by atoms with E-state index >= 15 is 0 Å². The number of benzene rings is 1. The van der Waals surface area contributed by atoms with E-state index in [9.17, 15) is 4.79 Å². The van der Waals surface area contributed by atoms with Crippen LogP contribution in [0.2, 0.25) is 0 Å². The van der Waals surface area contributed by atoms with Gasteiger partial charge in [-0.15, -0.1) is 0 Å². The van der Waals surface area contributed by atoms with Gasteiger partial charge in [0, 0.05) is 26.6 Å². The number of aromatic nitrogens is 2. The quantitative estimate of drug-likeness (QED) is 0.836. The van der Waals surface area contributed by atoms with E-state index in [0.29, 0.717) is 18.3 Å². The van der Waals surface area contributed by atoms with Crippen LogP contribution in [0.4, 0.5) is 0 Å². The smallest absolute Gasteiger partial charge is 0.249 e. The predicted molar refractivity (Wildman–Crippen MR) is 95.0 cm³/mol. The Labute approximate surface area is 148 Å². The van der Waals surface area contributed by atoms with E-state index in [1.165, 1.54) is 5.56 Å². The van der Waals surface area contributed by atoms with Crippen molar-refractivity contribution < 1.29 is 9.32 Å². The van der Waals surface area contributed by atoms with Crippen LogP contribution >= 0.6 is 0 Å². The van der Waals surface area contributed by atoms with E-state index in [1.807, 2.05) is 11.0 Å². The Morgan fingerprint density at radius 2 is 2.04 bits per heavy atom. The molecule has 2 heterocycles. The average molecular weight is 342 g/mol. The van der Waals surface area contributed by atoms with E-state index in [2.05, 4.69) is 39.3 Å². The summed E-state index contributed by atoms with van der Waals surface area (Å²) in [7, 11) is 0. The normalized spacial score (nSPS) is 19.0. The molecule has 1 saturated heterocycles. The Balaban J connectivity index is 1.58. The molecule has 1 aliphatic heterocycles. The molecule has 134 valence electrons. The van der Waals surface area contributed by atoms with Gasteiger partial charge in [0.15, 0.2) is 5.82 Å². The molecule has 25 heavy (non-hydrogen) atoms. The molecule has 1 amide bonds. The van der Waals surface area contributed by atoms with Gasteiger partial charge in [-0.1, -0.05) is 35.5 Å². The molecule has 6 heteroatoms. The Kier molecular flexibility index (Phi) is 5.81. The molecule has 1 unspecified atom stereocenters. The Hall–Kier alpha value is -2.21. The lowest BCUT2D eigenvalue weighted by Gasteiger charge is -2.25. The summed E-state index contributed by atoms with van der Waals surface area (Å²) in [6.07, 6.45) is 3.03. The number of carbonyl (C=O) groups is 1. The number of nitrogens with zero attached hydrogens (tertiary/aromatic N) is 4. The molecule has 0 aliphatic carbocycles. The molecule has 1 aliphatic rings. The van der Waals surface area contributed by atoms with Gasteiger partial charge >= 0.3 is 0 Å². The van der Waals surface area contributed by atoms with Crippen molar-refractivity contribution in [2.24, 2.45) is 0 Å². The fraction of sp³-hybridized carbons (Fsp3) is 0.526.